The van der Waals surface area contributed by atoms with E-state index in [-0.39, 0.29) is 31.3 Å². The van der Waals surface area contributed by atoms with Crippen molar-refractivity contribution in [2.75, 3.05) is 6.54 Å². The Bertz CT molecular complexity index is 766. The van der Waals surface area contributed by atoms with Crippen molar-refractivity contribution in [3.63, 3.8) is 0 Å². The number of aliphatic imine (C=N–C) groups is 1. The third-order valence-corrected chi connectivity index (χ3v) is 4.87. The Morgan fingerprint density at radius 2 is 1.35 bits per heavy atom. The highest BCUT2D eigenvalue weighted by molar-refractivity contribution is 5.96. The molecule has 0 radical (unpaired) electrons. The van der Waals surface area contributed by atoms with E-state index in [9.17, 15) is 29.1 Å². The lowest BCUT2D eigenvalue weighted by Crippen LogP contribution is -2.58. The maximum Gasteiger partial charge on any atom is 0.326 e. The third-order valence-electron chi connectivity index (χ3n) is 4.87. The summed E-state index contributed by atoms with van der Waals surface area (Å²) in [7, 11) is 0. The molecule has 12 N–H and O–H groups in total. The van der Waals surface area contributed by atoms with Crippen LogP contribution in [-0.2, 0) is 24.0 Å². The van der Waals surface area contributed by atoms with Gasteiger partial charge in [0.1, 0.15) is 18.1 Å². The van der Waals surface area contributed by atoms with E-state index in [1.54, 1.807) is 27.7 Å². The largest absolute Gasteiger partial charge is 0.480 e. The fraction of sp³-hybridized carbons (Fsp3) is 0.700. The first kappa shape index (κ1) is 30.6. The second kappa shape index (κ2) is 14.7. The van der Waals surface area contributed by atoms with Gasteiger partial charge in [0, 0.05) is 6.54 Å². The molecule has 0 aromatic heterocycles. The Morgan fingerprint density at radius 3 is 1.79 bits per heavy atom. The molecule has 0 aliphatic rings. The van der Waals surface area contributed by atoms with E-state index >= 15 is 0 Å². The van der Waals surface area contributed by atoms with Gasteiger partial charge in [0.15, 0.2) is 5.96 Å². The van der Waals surface area contributed by atoms with Gasteiger partial charge in [-0.15, -0.1) is 0 Å². The Kier molecular flexibility index (Phi) is 13.2. The number of carbonyl (C=O) groups excluding carboxylic acids is 4. The van der Waals surface area contributed by atoms with Crippen molar-refractivity contribution in [1.82, 2.24) is 16.0 Å². The number of carboxylic acids is 1. The molecular weight excluding hydrogens is 448 g/mol. The SMILES string of the molecule is CC(C)C(N)C(=O)NC(CC(N)=O)C(=O)NC(CCCN=C(N)N)C(=O)NC(C(=O)O)C(C)C. The summed E-state index contributed by atoms with van der Waals surface area (Å²) in [6.07, 6.45) is -0.225. The van der Waals surface area contributed by atoms with Crippen molar-refractivity contribution in [3.05, 3.63) is 0 Å². The van der Waals surface area contributed by atoms with Crippen molar-refractivity contribution in [1.29, 1.82) is 0 Å². The van der Waals surface area contributed by atoms with Gasteiger partial charge >= 0.3 is 5.97 Å². The van der Waals surface area contributed by atoms with Gasteiger partial charge in [-0.2, -0.15) is 0 Å². The minimum absolute atomic E-state index is 0.0432. The van der Waals surface area contributed by atoms with Gasteiger partial charge < -0.3 is 44.0 Å². The molecule has 14 heteroatoms. The minimum atomic E-state index is -1.39. The van der Waals surface area contributed by atoms with E-state index in [0.29, 0.717) is 0 Å². The molecule has 0 fully saturated rings. The molecule has 0 saturated heterocycles. The monoisotopic (exact) mass is 486 g/mol. The molecule has 194 valence electrons. The van der Waals surface area contributed by atoms with Crippen LogP contribution in [0.15, 0.2) is 4.99 Å². The Hall–Kier alpha value is -3.42. The molecule has 0 aliphatic heterocycles. The number of carboxylic acid groups (broad SMARTS) is 1. The number of guanidine groups is 1. The van der Waals surface area contributed by atoms with Crippen molar-refractivity contribution >= 4 is 35.6 Å². The summed E-state index contributed by atoms with van der Waals surface area (Å²) in [6, 6.07) is -4.73. The summed E-state index contributed by atoms with van der Waals surface area (Å²) < 4.78 is 0. The molecule has 0 spiro atoms. The average molecular weight is 487 g/mol. The van der Waals surface area contributed by atoms with Crippen LogP contribution in [0.3, 0.4) is 0 Å². The summed E-state index contributed by atoms with van der Waals surface area (Å²) in [5, 5.41) is 16.6. The first-order chi connectivity index (χ1) is 15.7. The van der Waals surface area contributed by atoms with E-state index in [2.05, 4.69) is 20.9 Å². The summed E-state index contributed by atoms with van der Waals surface area (Å²) in [6.45, 7) is 6.79. The molecule has 0 aromatic carbocycles. The molecule has 0 aliphatic carbocycles. The van der Waals surface area contributed by atoms with E-state index in [4.69, 9.17) is 22.9 Å². The summed E-state index contributed by atoms with van der Waals surface area (Å²) >= 11 is 0. The lowest BCUT2D eigenvalue weighted by Gasteiger charge is -2.26. The Labute approximate surface area is 198 Å². The molecule has 0 rings (SSSR count). The van der Waals surface area contributed by atoms with Crippen LogP contribution in [0.4, 0.5) is 0 Å². The number of primary amides is 1. The van der Waals surface area contributed by atoms with E-state index in [1.807, 2.05) is 0 Å². The highest BCUT2D eigenvalue weighted by Crippen LogP contribution is 2.07. The average Bonchev–Trinajstić information content (AvgIpc) is 2.71. The van der Waals surface area contributed by atoms with Crippen LogP contribution in [0.2, 0.25) is 0 Å². The zero-order valence-electron chi connectivity index (χ0n) is 20.0. The zero-order chi connectivity index (χ0) is 26.6. The minimum Gasteiger partial charge on any atom is -0.480 e. The predicted octanol–water partition coefficient (Wildman–Crippen LogP) is -2.91. The number of carbonyl (C=O) groups is 5. The van der Waals surface area contributed by atoms with Crippen LogP contribution in [0.25, 0.3) is 0 Å². The predicted molar refractivity (Wildman–Crippen MR) is 125 cm³/mol. The smallest absolute Gasteiger partial charge is 0.326 e. The second-order valence-electron chi connectivity index (χ2n) is 8.58. The molecule has 0 heterocycles. The fourth-order valence-electron chi connectivity index (χ4n) is 2.79. The van der Waals surface area contributed by atoms with Crippen LogP contribution < -0.4 is 38.9 Å². The normalized spacial score (nSPS) is 14.4. The van der Waals surface area contributed by atoms with Gasteiger partial charge in [0.2, 0.25) is 23.6 Å². The molecular formula is C20H38N8O6. The van der Waals surface area contributed by atoms with Crippen LogP contribution in [0, 0.1) is 11.8 Å². The van der Waals surface area contributed by atoms with Crippen LogP contribution >= 0.6 is 0 Å². The summed E-state index contributed by atoms with van der Waals surface area (Å²) in [4.78, 5) is 64.8. The molecule has 0 saturated carbocycles. The van der Waals surface area contributed by atoms with Gasteiger partial charge in [-0.05, 0) is 24.7 Å². The lowest BCUT2D eigenvalue weighted by molar-refractivity contribution is -0.143. The maximum absolute atomic E-state index is 12.9. The number of aliphatic carboxylic acids is 1. The standard InChI is InChI=1S/C20H38N8O6/c1-9(2)14(22)18(32)27-12(8-13(21)29)17(31)26-11(6-5-7-25-20(23)24)16(30)28-15(10(3)4)19(33)34/h9-12,14-15H,5-8,22H2,1-4H3,(H2,21,29)(H,26,31)(H,27,32)(H,28,30)(H,33,34)(H4,23,24,25). The van der Waals surface area contributed by atoms with Crippen molar-refractivity contribution in [2.24, 2.45) is 39.8 Å². The first-order valence-corrected chi connectivity index (χ1v) is 10.9. The quantitative estimate of drug-likeness (QED) is 0.0669. The topological polar surface area (TPSA) is 258 Å². The molecule has 0 bridgehead atoms. The molecule has 14 nitrogen and oxygen atoms in total. The number of nitrogens with two attached hydrogens (primary N) is 4. The number of nitrogens with one attached hydrogen (secondary N) is 3. The van der Waals surface area contributed by atoms with Gasteiger partial charge in [0.25, 0.3) is 0 Å². The fourth-order valence-corrected chi connectivity index (χ4v) is 2.79. The van der Waals surface area contributed by atoms with Crippen LogP contribution in [-0.4, -0.2) is 71.4 Å². The van der Waals surface area contributed by atoms with Crippen LogP contribution in [0.1, 0.15) is 47.0 Å². The van der Waals surface area contributed by atoms with E-state index in [1.165, 1.54) is 0 Å². The number of nitrogens with zero attached hydrogens (tertiary/aromatic N) is 1. The second-order valence-corrected chi connectivity index (χ2v) is 8.58. The molecule has 4 amide bonds. The highest BCUT2D eigenvalue weighted by atomic mass is 16.4. The van der Waals surface area contributed by atoms with Crippen molar-refractivity contribution in [2.45, 2.75) is 71.1 Å². The lowest BCUT2D eigenvalue weighted by atomic mass is 10.0. The molecule has 34 heavy (non-hydrogen) atoms. The Balaban J connectivity index is 5.64. The van der Waals surface area contributed by atoms with E-state index < -0.39 is 66.1 Å². The first-order valence-electron chi connectivity index (χ1n) is 10.9. The van der Waals surface area contributed by atoms with Gasteiger partial charge in [-0.1, -0.05) is 27.7 Å². The van der Waals surface area contributed by atoms with Gasteiger partial charge in [-0.25, -0.2) is 4.79 Å². The Morgan fingerprint density at radius 1 is 0.824 bits per heavy atom. The van der Waals surface area contributed by atoms with E-state index in [0.717, 1.165) is 0 Å². The van der Waals surface area contributed by atoms with Gasteiger partial charge in [-0.3, -0.25) is 24.2 Å². The zero-order valence-corrected chi connectivity index (χ0v) is 20.0. The number of hydrogen-bond donors (Lipinski definition) is 8. The highest BCUT2D eigenvalue weighted by Gasteiger charge is 2.32. The molecule has 4 atom stereocenters. The number of amides is 4. The number of hydrogen-bond acceptors (Lipinski definition) is 7. The third kappa shape index (κ3) is 11.4. The summed E-state index contributed by atoms with van der Waals surface area (Å²) in [5.74, 6) is -5.22. The van der Waals surface area contributed by atoms with Crippen LogP contribution in [0.5, 0.6) is 0 Å². The van der Waals surface area contributed by atoms with Gasteiger partial charge in [0.05, 0.1) is 12.5 Å². The summed E-state index contributed by atoms with van der Waals surface area (Å²) in [5.41, 5.74) is 21.6. The maximum atomic E-state index is 12.9. The molecule has 0 aromatic rings. The van der Waals surface area contributed by atoms with Crippen molar-refractivity contribution < 1.29 is 29.1 Å². The number of rotatable bonds is 15. The van der Waals surface area contributed by atoms with Crippen molar-refractivity contribution in [3.8, 4) is 0 Å². The molecule has 4 unspecified atom stereocenters.